The van der Waals surface area contributed by atoms with Gasteiger partial charge in [-0.05, 0) is 36.2 Å². The van der Waals surface area contributed by atoms with Crippen LogP contribution in [0.4, 0.5) is 0 Å². The molecule has 0 saturated carbocycles. The monoisotopic (exact) mass is 248 g/mol. The van der Waals surface area contributed by atoms with Crippen molar-refractivity contribution >= 4 is 11.6 Å². The lowest BCUT2D eigenvalue weighted by Gasteiger charge is -2.18. The third-order valence-corrected chi connectivity index (χ3v) is 2.94. The zero-order chi connectivity index (χ0) is 12.3. The Hall–Kier alpha value is -1.49. The molecule has 0 aliphatic rings. The van der Waals surface area contributed by atoms with Crippen LogP contribution in [0, 0.1) is 6.92 Å². The van der Waals surface area contributed by atoms with Gasteiger partial charge in [-0.25, -0.2) is 5.43 Å². The molecule has 0 radical (unpaired) electrons. The van der Waals surface area contributed by atoms with E-state index in [4.69, 9.17) is 17.4 Å². The van der Waals surface area contributed by atoms with E-state index in [9.17, 15) is 0 Å². The van der Waals surface area contributed by atoms with Crippen molar-refractivity contribution in [2.45, 2.75) is 13.0 Å². The van der Waals surface area contributed by atoms with E-state index in [-0.39, 0.29) is 6.04 Å². The van der Waals surface area contributed by atoms with E-state index in [0.29, 0.717) is 10.7 Å². The average molecular weight is 249 g/mol. The molecule has 2 heterocycles. The van der Waals surface area contributed by atoms with E-state index in [0.717, 1.165) is 11.1 Å². The number of aryl methyl sites for hydroxylation is 1. The standard InChI is InChI=1S/C12H13ClN4/c1-8-4-6-15-7-9(8)11(17-14)12-10(13)3-2-5-16-12/h2-7,11,17H,14H2,1H3. The van der Waals surface area contributed by atoms with Gasteiger partial charge in [0, 0.05) is 18.6 Å². The largest absolute Gasteiger partial charge is 0.271 e. The third kappa shape index (κ3) is 2.44. The molecule has 1 atom stereocenters. The van der Waals surface area contributed by atoms with Crippen LogP contribution in [0.25, 0.3) is 0 Å². The molecule has 1 unspecified atom stereocenters. The number of hydrazine groups is 1. The Labute approximate surface area is 105 Å². The lowest BCUT2D eigenvalue weighted by Crippen LogP contribution is -2.30. The normalized spacial score (nSPS) is 12.4. The number of halogens is 1. The molecule has 0 bridgehead atoms. The molecule has 0 aromatic carbocycles. The summed E-state index contributed by atoms with van der Waals surface area (Å²) >= 11 is 6.12. The lowest BCUT2D eigenvalue weighted by molar-refractivity contribution is 0.616. The second kappa shape index (κ2) is 5.23. The Balaban J connectivity index is 2.48. The number of rotatable bonds is 3. The van der Waals surface area contributed by atoms with E-state index < -0.39 is 0 Å². The number of hydrogen-bond acceptors (Lipinski definition) is 4. The molecule has 2 aromatic rings. The predicted molar refractivity (Wildman–Crippen MR) is 67.4 cm³/mol. The first kappa shape index (κ1) is 12.0. The molecule has 0 aliphatic heterocycles. The first-order valence-electron chi connectivity index (χ1n) is 5.21. The highest BCUT2D eigenvalue weighted by Crippen LogP contribution is 2.26. The van der Waals surface area contributed by atoms with Crippen molar-refractivity contribution in [2.24, 2.45) is 5.84 Å². The Morgan fingerprint density at radius 3 is 2.82 bits per heavy atom. The summed E-state index contributed by atoms with van der Waals surface area (Å²) in [6.07, 6.45) is 5.20. The van der Waals surface area contributed by atoms with Crippen molar-refractivity contribution in [2.75, 3.05) is 0 Å². The smallest absolute Gasteiger partial charge is 0.0913 e. The summed E-state index contributed by atoms with van der Waals surface area (Å²) in [7, 11) is 0. The second-order valence-corrected chi connectivity index (χ2v) is 4.11. The van der Waals surface area contributed by atoms with Crippen molar-refractivity contribution < 1.29 is 0 Å². The molecule has 0 spiro atoms. The minimum atomic E-state index is -0.252. The number of nitrogens with one attached hydrogen (secondary N) is 1. The molecular weight excluding hydrogens is 236 g/mol. The number of aromatic nitrogens is 2. The van der Waals surface area contributed by atoms with Gasteiger partial charge in [-0.1, -0.05) is 11.6 Å². The number of nitrogens with zero attached hydrogens (tertiary/aromatic N) is 2. The van der Waals surface area contributed by atoms with E-state index >= 15 is 0 Å². The summed E-state index contributed by atoms with van der Waals surface area (Å²) < 4.78 is 0. The number of hydrogen-bond donors (Lipinski definition) is 2. The minimum Gasteiger partial charge on any atom is -0.271 e. The summed E-state index contributed by atoms with van der Waals surface area (Å²) in [5.41, 5.74) is 5.49. The van der Waals surface area contributed by atoms with Crippen molar-refractivity contribution in [3.8, 4) is 0 Å². The maximum atomic E-state index is 6.12. The van der Waals surface area contributed by atoms with Crippen molar-refractivity contribution in [1.29, 1.82) is 0 Å². The van der Waals surface area contributed by atoms with Crippen LogP contribution in [0.5, 0.6) is 0 Å². The maximum Gasteiger partial charge on any atom is 0.0913 e. The van der Waals surface area contributed by atoms with Crippen LogP contribution in [0.3, 0.4) is 0 Å². The summed E-state index contributed by atoms with van der Waals surface area (Å²) in [4.78, 5) is 8.37. The van der Waals surface area contributed by atoms with Gasteiger partial charge in [0.25, 0.3) is 0 Å². The van der Waals surface area contributed by atoms with Gasteiger partial charge in [-0.3, -0.25) is 15.8 Å². The van der Waals surface area contributed by atoms with Gasteiger partial charge in [0.2, 0.25) is 0 Å². The Bertz CT molecular complexity index is 470. The Morgan fingerprint density at radius 1 is 1.35 bits per heavy atom. The molecule has 0 amide bonds. The van der Waals surface area contributed by atoms with Gasteiger partial charge in [0.05, 0.1) is 16.8 Å². The predicted octanol–water partition coefficient (Wildman–Crippen LogP) is 1.99. The molecule has 0 fully saturated rings. The highest BCUT2D eigenvalue weighted by molar-refractivity contribution is 6.31. The SMILES string of the molecule is Cc1ccncc1C(NN)c1ncccc1Cl. The zero-order valence-corrected chi connectivity index (χ0v) is 10.1. The van der Waals surface area contributed by atoms with Gasteiger partial charge >= 0.3 is 0 Å². The fraction of sp³-hybridized carbons (Fsp3) is 0.167. The fourth-order valence-corrected chi connectivity index (χ4v) is 1.94. The van der Waals surface area contributed by atoms with Gasteiger partial charge in [0.15, 0.2) is 0 Å². The topological polar surface area (TPSA) is 63.8 Å². The quantitative estimate of drug-likeness (QED) is 0.644. The molecule has 2 aromatic heterocycles. The highest BCUT2D eigenvalue weighted by Gasteiger charge is 2.18. The van der Waals surface area contributed by atoms with Crippen LogP contribution >= 0.6 is 11.6 Å². The minimum absolute atomic E-state index is 0.252. The molecule has 0 aliphatic carbocycles. The Kier molecular flexibility index (Phi) is 3.68. The Morgan fingerprint density at radius 2 is 2.18 bits per heavy atom. The van der Waals surface area contributed by atoms with Crippen molar-refractivity contribution in [3.63, 3.8) is 0 Å². The molecule has 5 heteroatoms. The van der Waals surface area contributed by atoms with Crippen LogP contribution in [0.15, 0.2) is 36.8 Å². The third-order valence-electron chi connectivity index (χ3n) is 2.62. The highest BCUT2D eigenvalue weighted by atomic mass is 35.5. The first-order chi connectivity index (χ1) is 8.24. The molecule has 0 saturated heterocycles. The van der Waals surface area contributed by atoms with Crippen LogP contribution in [-0.4, -0.2) is 9.97 Å². The van der Waals surface area contributed by atoms with E-state index in [1.54, 1.807) is 30.7 Å². The van der Waals surface area contributed by atoms with Crippen LogP contribution in [0.2, 0.25) is 5.02 Å². The molecule has 3 N–H and O–H groups in total. The molecule has 17 heavy (non-hydrogen) atoms. The second-order valence-electron chi connectivity index (χ2n) is 3.70. The fourth-order valence-electron chi connectivity index (χ4n) is 1.70. The van der Waals surface area contributed by atoms with E-state index in [1.807, 2.05) is 13.0 Å². The number of nitrogens with two attached hydrogens (primary N) is 1. The molecule has 88 valence electrons. The number of pyridine rings is 2. The summed E-state index contributed by atoms with van der Waals surface area (Å²) in [5, 5.41) is 0.582. The summed E-state index contributed by atoms with van der Waals surface area (Å²) in [5.74, 6) is 5.60. The maximum absolute atomic E-state index is 6.12. The van der Waals surface area contributed by atoms with Gasteiger partial charge < -0.3 is 0 Å². The lowest BCUT2D eigenvalue weighted by atomic mass is 10.0. The molecule has 4 nitrogen and oxygen atoms in total. The molecule has 2 rings (SSSR count). The van der Waals surface area contributed by atoms with Gasteiger partial charge in [-0.2, -0.15) is 0 Å². The summed E-state index contributed by atoms with van der Waals surface area (Å²) in [6.45, 7) is 2.00. The van der Waals surface area contributed by atoms with Crippen LogP contribution in [-0.2, 0) is 0 Å². The van der Waals surface area contributed by atoms with E-state index in [1.165, 1.54) is 0 Å². The van der Waals surface area contributed by atoms with Crippen molar-refractivity contribution in [3.05, 3.63) is 58.6 Å². The van der Waals surface area contributed by atoms with Crippen molar-refractivity contribution in [1.82, 2.24) is 15.4 Å². The molecular formula is C12H13ClN4. The summed E-state index contributed by atoms with van der Waals surface area (Å²) in [6, 6.07) is 5.25. The van der Waals surface area contributed by atoms with Gasteiger partial charge in [0.1, 0.15) is 0 Å². The first-order valence-corrected chi connectivity index (χ1v) is 5.59. The van der Waals surface area contributed by atoms with E-state index in [2.05, 4.69) is 15.4 Å². The van der Waals surface area contributed by atoms with Gasteiger partial charge in [-0.15, -0.1) is 0 Å². The zero-order valence-electron chi connectivity index (χ0n) is 9.39. The van der Waals surface area contributed by atoms with Crippen LogP contribution < -0.4 is 11.3 Å². The average Bonchev–Trinajstić information content (AvgIpc) is 2.34. The van der Waals surface area contributed by atoms with Crippen LogP contribution in [0.1, 0.15) is 22.9 Å².